The van der Waals surface area contributed by atoms with E-state index in [1.54, 1.807) is 13.2 Å². The number of benzene rings is 2. The molecule has 0 aliphatic carbocycles. The van der Waals surface area contributed by atoms with Gasteiger partial charge >= 0.3 is 0 Å². The molecule has 0 saturated heterocycles. The molecule has 5 heteroatoms. The van der Waals surface area contributed by atoms with Crippen LogP contribution in [0, 0.1) is 0 Å². The van der Waals surface area contributed by atoms with Crippen LogP contribution in [-0.4, -0.2) is 15.9 Å². The average molecular weight is 317 g/mol. The van der Waals surface area contributed by atoms with Crippen LogP contribution in [0.15, 0.2) is 70.4 Å². The number of rotatable bonds is 3. The number of nitrogens with zero attached hydrogens (tertiary/aromatic N) is 2. The number of hydrogen-bond donors (Lipinski definition) is 2. The van der Waals surface area contributed by atoms with Gasteiger partial charge in [-0.15, -0.1) is 0 Å². The van der Waals surface area contributed by atoms with Crippen LogP contribution in [0.25, 0.3) is 22.0 Å². The Balaban J connectivity index is 1.88. The highest BCUT2D eigenvalue weighted by Gasteiger charge is 2.11. The molecule has 0 aliphatic rings. The van der Waals surface area contributed by atoms with Gasteiger partial charge < -0.3 is 14.9 Å². The Bertz CT molecular complexity index is 1070. The van der Waals surface area contributed by atoms with E-state index in [0.717, 1.165) is 33.2 Å². The molecule has 2 N–H and O–H groups in total. The van der Waals surface area contributed by atoms with Crippen molar-refractivity contribution < 1.29 is 9.62 Å². The maximum Gasteiger partial charge on any atom is 0.228 e. The third-order valence-electron chi connectivity index (χ3n) is 4.01. The van der Waals surface area contributed by atoms with E-state index in [4.69, 9.17) is 9.62 Å². The molecule has 2 heterocycles. The first-order valence-electron chi connectivity index (χ1n) is 7.58. The summed E-state index contributed by atoms with van der Waals surface area (Å²) in [6, 6.07) is 17.6. The van der Waals surface area contributed by atoms with Crippen LogP contribution in [-0.2, 0) is 0 Å². The molecular weight excluding hydrogens is 302 g/mol. The Kier molecular flexibility index (Phi) is 3.39. The van der Waals surface area contributed by atoms with Crippen molar-refractivity contribution in [3.05, 3.63) is 66.4 Å². The topological polar surface area (TPSA) is 70.7 Å². The van der Waals surface area contributed by atoms with Crippen molar-refractivity contribution in [2.75, 3.05) is 5.32 Å². The third-order valence-corrected chi connectivity index (χ3v) is 4.01. The normalized spacial score (nSPS) is 12.0. The number of hydrogen-bond acceptors (Lipinski definition) is 5. The highest BCUT2D eigenvalue weighted by Crippen LogP contribution is 2.33. The van der Waals surface area contributed by atoms with Crippen molar-refractivity contribution in [1.29, 1.82) is 0 Å². The fraction of sp³-hybridized carbons (Fsp3) is 0.0526. The molecule has 0 radical (unpaired) electrons. The summed E-state index contributed by atoms with van der Waals surface area (Å²) in [5, 5.41) is 17.6. The molecule has 0 fully saturated rings. The van der Waals surface area contributed by atoms with Crippen molar-refractivity contribution in [2.45, 2.75) is 6.92 Å². The van der Waals surface area contributed by atoms with Crippen molar-refractivity contribution in [1.82, 2.24) is 4.98 Å². The van der Waals surface area contributed by atoms with E-state index < -0.39 is 0 Å². The van der Waals surface area contributed by atoms with Crippen LogP contribution in [0.4, 0.5) is 11.4 Å². The molecule has 4 rings (SSSR count). The zero-order chi connectivity index (χ0) is 16.5. The van der Waals surface area contributed by atoms with E-state index >= 15 is 0 Å². The number of aromatic nitrogens is 1. The summed E-state index contributed by atoms with van der Waals surface area (Å²) in [4.78, 5) is 4.54. The summed E-state index contributed by atoms with van der Waals surface area (Å²) < 4.78 is 5.48. The number of anilines is 2. The van der Waals surface area contributed by atoms with Gasteiger partial charge in [-0.3, -0.25) is 0 Å². The monoisotopic (exact) mass is 317 g/mol. The first-order valence-corrected chi connectivity index (χ1v) is 7.58. The van der Waals surface area contributed by atoms with Gasteiger partial charge in [-0.1, -0.05) is 35.5 Å². The van der Waals surface area contributed by atoms with E-state index in [9.17, 15) is 0 Å². The molecule has 0 atom stereocenters. The molecule has 4 aromatic rings. The first kappa shape index (κ1) is 14.3. The number of pyridine rings is 1. The second kappa shape index (κ2) is 5.70. The minimum Gasteiger partial charge on any atom is -0.446 e. The standard InChI is InChI=1S/C19H15N3O2/c1-12(22-23)13-5-4-6-14(11-13)20-18-15-7-2-3-8-17(15)21-19-16(18)9-10-24-19/h2-11,23H,1H3,(H,20,21). The zero-order valence-electron chi connectivity index (χ0n) is 13.0. The predicted molar refractivity (Wildman–Crippen MR) is 95.2 cm³/mol. The van der Waals surface area contributed by atoms with Crippen molar-refractivity contribution in [3.63, 3.8) is 0 Å². The van der Waals surface area contributed by atoms with E-state index in [-0.39, 0.29) is 0 Å². The van der Waals surface area contributed by atoms with Crippen LogP contribution in [0.5, 0.6) is 0 Å². The second-order valence-electron chi connectivity index (χ2n) is 5.53. The smallest absolute Gasteiger partial charge is 0.228 e. The van der Waals surface area contributed by atoms with Gasteiger partial charge in [-0.05, 0) is 31.2 Å². The molecule has 2 aromatic heterocycles. The number of furan rings is 1. The van der Waals surface area contributed by atoms with E-state index in [1.165, 1.54) is 0 Å². The number of nitrogens with one attached hydrogen (secondary N) is 1. The maximum absolute atomic E-state index is 8.97. The summed E-state index contributed by atoms with van der Waals surface area (Å²) in [6.45, 7) is 1.76. The fourth-order valence-corrected chi connectivity index (χ4v) is 2.77. The largest absolute Gasteiger partial charge is 0.446 e. The van der Waals surface area contributed by atoms with Gasteiger partial charge in [-0.2, -0.15) is 0 Å². The predicted octanol–water partition coefficient (Wildman–Crippen LogP) is 4.92. The Labute approximate surface area is 138 Å². The summed E-state index contributed by atoms with van der Waals surface area (Å²) >= 11 is 0. The molecule has 0 bridgehead atoms. The SMILES string of the molecule is CC(=NO)c1cccc(Nc2c3ccccc3nc3occc23)c1. The number of para-hydroxylation sites is 1. The minimum absolute atomic E-state index is 0.562. The van der Waals surface area contributed by atoms with Gasteiger partial charge in [0.15, 0.2) is 0 Å². The van der Waals surface area contributed by atoms with Crippen LogP contribution >= 0.6 is 0 Å². The fourth-order valence-electron chi connectivity index (χ4n) is 2.77. The summed E-state index contributed by atoms with van der Waals surface area (Å²) in [5.74, 6) is 0. The lowest BCUT2D eigenvalue weighted by molar-refractivity contribution is 0.319. The molecule has 0 saturated carbocycles. The lowest BCUT2D eigenvalue weighted by Crippen LogP contribution is -1.98. The molecule has 5 nitrogen and oxygen atoms in total. The van der Waals surface area contributed by atoms with Gasteiger partial charge in [0.25, 0.3) is 0 Å². The lowest BCUT2D eigenvalue weighted by Gasteiger charge is -2.12. The Hall–Kier alpha value is -3.34. The van der Waals surface area contributed by atoms with Gasteiger partial charge in [0, 0.05) is 16.6 Å². The molecule has 0 unspecified atom stereocenters. The Morgan fingerprint density at radius 2 is 1.96 bits per heavy atom. The summed E-state index contributed by atoms with van der Waals surface area (Å²) in [6.07, 6.45) is 1.64. The van der Waals surface area contributed by atoms with E-state index in [2.05, 4.69) is 15.5 Å². The van der Waals surface area contributed by atoms with Gasteiger partial charge in [-0.25, -0.2) is 4.98 Å². The second-order valence-corrected chi connectivity index (χ2v) is 5.53. The van der Waals surface area contributed by atoms with Crippen molar-refractivity contribution >= 4 is 39.1 Å². The third kappa shape index (κ3) is 2.36. The van der Waals surface area contributed by atoms with Crippen LogP contribution in [0.2, 0.25) is 0 Å². The van der Waals surface area contributed by atoms with Gasteiger partial charge in [0.2, 0.25) is 5.71 Å². The molecule has 0 aliphatic heterocycles. The maximum atomic E-state index is 8.97. The molecule has 118 valence electrons. The Morgan fingerprint density at radius 3 is 2.83 bits per heavy atom. The van der Waals surface area contributed by atoms with Crippen LogP contribution < -0.4 is 5.32 Å². The van der Waals surface area contributed by atoms with Gasteiger partial charge in [0.05, 0.1) is 28.6 Å². The first-order chi connectivity index (χ1) is 11.8. The zero-order valence-corrected chi connectivity index (χ0v) is 13.0. The minimum atomic E-state index is 0.562. The number of oxime groups is 1. The molecule has 24 heavy (non-hydrogen) atoms. The molecule has 0 amide bonds. The average Bonchev–Trinajstić information content (AvgIpc) is 3.09. The van der Waals surface area contributed by atoms with Crippen molar-refractivity contribution in [2.24, 2.45) is 5.16 Å². The summed E-state index contributed by atoms with van der Waals surface area (Å²) in [7, 11) is 0. The van der Waals surface area contributed by atoms with E-state index in [0.29, 0.717) is 11.4 Å². The molecule has 2 aromatic carbocycles. The van der Waals surface area contributed by atoms with Crippen molar-refractivity contribution in [3.8, 4) is 0 Å². The summed E-state index contributed by atoms with van der Waals surface area (Å²) in [5.41, 5.74) is 4.72. The van der Waals surface area contributed by atoms with E-state index in [1.807, 2.05) is 54.6 Å². The number of fused-ring (bicyclic) bond motifs is 2. The highest BCUT2D eigenvalue weighted by molar-refractivity contribution is 6.07. The quantitative estimate of drug-likeness (QED) is 0.319. The van der Waals surface area contributed by atoms with Gasteiger partial charge in [0.1, 0.15) is 0 Å². The van der Waals surface area contributed by atoms with Crippen LogP contribution in [0.3, 0.4) is 0 Å². The Morgan fingerprint density at radius 1 is 1.08 bits per heavy atom. The lowest BCUT2D eigenvalue weighted by atomic mass is 10.1. The molecule has 0 spiro atoms. The molecular formula is C19H15N3O2. The highest BCUT2D eigenvalue weighted by atomic mass is 16.4. The van der Waals surface area contributed by atoms with Crippen LogP contribution in [0.1, 0.15) is 12.5 Å².